The first kappa shape index (κ1) is 21.4. The van der Waals surface area contributed by atoms with Gasteiger partial charge in [-0.3, -0.25) is 4.79 Å². The molecule has 0 radical (unpaired) electrons. The first-order valence-electron chi connectivity index (χ1n) is 10.2. The number of hydrogen-bond acceptors (Lipinski definition) is 10. The van der Waals surface area contributed by atoms with Gasteiger partial charge in [0.1, 0.15) is 12.7 Å². The van der Waals surface area contributed by atoms with E-state index >= 15 is 0 Å². The van der Waals surface area contributed by atoms with E-state index in [1.807, 2.05) is 17.0 Å². The van der Waals surface area contributed by atoms with E-state index in [2.05, 4.69) is 30.6 Å². The van der Waals surface area contributed by atoms with Crippen LogP contribution in [0.5, 0.6) is 0 Å². The maximum absolute atomic E-state index is 12.9. The van der Waals surface area contributed by atoms with Crippen molar-refractivity contribution < 1.29 is 13.2 Å². The number of anilines is 2. The van der Waals surface area contributed by atoms with Gasteiger partial charge in [0, 0.05) is 19.3 Å². The molecule has 1 aliphatic rings. The SMILES string of the molecule is CS(=O)(=O)c1ccc2nc(NC(=O)C3CCCN(c4ccc(-n5cncn5)nn4)C3)sc2c1. The third kappa shape index (κ3) is 4.54. The summed E-state index contributed by atoms with van der Waals surface area (Å²) in [5, 5.41) is 15.9. The number of piperidine rings is 1. The lowest BCUT2D eigenvalue weighted by molar-refractivity contribution is -0.120. The van der Waals surface area contributed by atoms with Gasteiger partial charge in [-0.25, -0.2) is 23.1 Å². The molecule has 0 spiro atoms. The van der Waals surface area contributed by atoms with Crippen LogP contribution in [0, 0.1) is 5.92 Å². The van der Waals surface area contributed by atoms with Crippen LogP contribution in [0.4, 0.5) is 10.9 Å². The highest BCUT2D eigenvalue weighted by atomic mass is 32.2. The van der Waals surface area contributed by atoms with Gasteiger partial charge in [0.2, 0.25) is 5.91 Å². The van der Waals surface area contributed by atoms with Crippen LogP contribution >= 0.6 is 11.3 Å². The number of thiazole rings is 1. The molecule has 1 N–H and O–H groups in total. The molecule has 0 bridgehead atoms. The van der Waals surface area contributed by atoms with Gasteiger partial charge < -0.3 is 10.2 Å². The summed E-state index contributed by atoms with van der Waals surface area (Å²) in [6, 6.07) is 8.44. The summed E-state index contributed by atoms with van der Waals surface area (Å²) in [5.74, 6) is 0.922. The number of fused-ring (bicyclic) bond motifs is 1. The normalized spacial score (nSPS) is 16.8. The molecular formula is C20H20N8O3S2. The average molecular weight is 485 g/mol. The second-order valence-electron chi connectivity index (χ2n) is 7.78. The average Bonchev–Trinajstić information content (AvgIpc) is 3.48. The van der Waals surface area contributed by atoms with Crippen molar-refractivity contribution in [2.24, 2.45) is 5.92 Å². The highest BCUT2D eigenvalue weighted by molar-refractivity contribution is 7.90. The van der Waals surface area contributed by atoms with Crippen molar-refractivity contribution in [3.05, 3.63) is 43.0 Å². The molecule has 1 aliphatic heterocycles. The number of carbonyl (C=O) groups excluding carboxylic acids is 1. The van der Waals surface area contributed by atoms with E-state index in [0.29, 0.717) is 33.5 Å². The van der Waals surface area contributed by atoms with Gasteiger partial charge in [-0.1, -0.05) is 11.3 Å². The molecule has 4 heterocycles. The topological polar surface area (TPSA) is 136 Å². The van der Waals surface area contributed by atoms with Gasteiger partial charge in [0.25, 0.3) is 0 Å². The number of hydrogen-bond donors (Lipinski definition) is 1. The Morgan fingerprint density at radius 2 is 2.00 bits per heavy atom. The van der Waals surface area contributed by atoms with Gasteiger partial charge in [-0.2, -0.15) is 5.10 Å². The first-order chi connectivity index (χ1) is 15.9. The van der Waals surface area contributed by atoms with Gasteiger partial charge in [0.15, 0.2) is 26.6 Å². The molecule has 1 unspecified atom stereocenters. The molecular weight excluding hydrogens is 464 g/mol. The van der Waals surface area contributed by atoms with Crippen molar-refractivity contribution in [3.8, 4) is 5.82 Å². The highest BCUT2D eigenvalue weighted by Crippen LogP contribution is 2.29. The van der Waals surface area contributed by atoms with Crippen molar-refractivity contribution in [3.63, 3.8) is 0 Å². The Kier molecular flexibility index (Phi) is 5.50. The van der Waals surface area contributed by atoms with Crippen LogP contribution in [0.15, 0.2) is 47.9 Å². The van der Waals surface area contributed by atoms with Crippen molar-refractivity contribution in [1.82, 2.24) is 29.9 Å². The van der Waals surface area contributed by atoms with E-state index in [9.17, 15) is 13.2 Å². The maximum Gasteiger partial charge on any atom is 0.231 e. The van der Waals surface area contributed by atoms with E-state index in [4.69, 9.17) is 0 Å². The van der Waals surface area contributed by atoms with Gasteiger partial charge in [0.05, 0.1) is 21.0 Å². The molecule has 3 aromatic heterocycles. The number of nitrogens with zero attached hydrogens (tertiary/aromatic N) is 7. The second kappa shape index (κ2) is 8.48. The van der Waals surface area contributed by atoms with Crippen molar-refractivity contribution in [1.29, 1.82) is 0 Å². The summed E-state index contributed by atoms with van der Waals surface area (Å²) in [6.45, 7) is 1.31. The van der Waals surface area contributed by atoms with E-state index in [1.54, 1.807) is 18.5 Å². The molecule has 13 heteroatoms. The fourth-order valence-corrected chi connectivity index (χ4v) is 5.36. The predicted molar refractivity (Wildman–Crippen MR) is 123 cm³/mol. The van der Waals surface area contributed by atoms with Crippen molar-refractivity contribution in [2.75, 3.05) is 29.6 Å². The van der Waals surface area contributed by atoms with Crippen molar-refractivity contribution in [2.45, 2.75) is 17.7 Å². The van der Waals surface area contributed by atoms with Crippen LogP contribution in [-0.2, 0) is 14.6 Å². The van der Waals surface area contributed by atoms with E-state index in [0.717, 1.165) is 19.4 Å². The van der Waals surface area contributed by atoms with Crippen molar-refractivity contribution >= 4 is 48.2 Å². The molecule has 5 rings (SSSR count). The molecule has 1 fully saturated rings. The molecule has 1 saturated heterocycles. The van der Waals surface area contributed by atoms with E-state index < -0.39 is 9.84 Å². The monoisotopic (exact) mass is 484 g/mol. The number of carbonyl (C=O) groups is 1. The Labute approximate surface area is 193 Å². The maximum atomic E-state index is 12.9. The Morgan fingerprint density at radius 3 is 2.73 bits per heavy atom. The minimum Gasteiger partial charge on any atom is -0.354 e. The lowest BCUT2D eigenvalue weighted by atomic mass is 9.97. The minimum absolute atomic E-state index is 0.116. The third-order valence-corrected chi connectivity index (χ3v) is 7.47. The molecule has 33 heavy (non-hydrogen) atoms. The molecule has 0 saturated carbocycles. The van der Waals surface area contributed by atoms with E-state index in [-0.39, 0.29) is 16.7 Å². The Morgan fingerprint density at radius 1 is 1.18 bits per heavy atom. The van der Waals surface area contributed by atoms with Crippen LogP contribution < -0.4 is 10.2 Å². The zero-order valence-electron chi connectivity index (χ0n) is 17.6. The van der Waals surface area contributed by atoms with Crippen LogP contribution in [0.3, 0.4) is 0 Å². The molecule has 170 valence electrons. The number of rotatable bonds is 5. The first-order valence-corrected chi connectivity index (χ1v) is 12.9. The fraction of sp³-hybridized carbons (Fsp3) is 0.300. The lowest BCUT2D eigenvalue weighted by Crippen LogP contribution is -2.41. The second-order valence-corrected chi connectivity index (χ2v) is 10.8. The summed E-state index contributed by atoms with van der Waals surface area (Å²) in [4.78, 5) is 23.5. The summed E-state index contributed by atoms with van der Waals surface area (Å²) >= 11 is 1.26. The van der Waals surface area contributed by atoms with Crippen LogP contribution in [0.1, 0.15) is 12.8 Å². The largest absolute Gasteiger partial charge is 0.354 e. The number of sulfone groups is 1. The quantitative estimate of drug-likeness (QED) is 0.450. The number of nitrogens with one attached hydrogen (secondary N) is 1. The standard InChI is InChI=1S/C20H20N8O3S2/c1-33(30,31)14-4-5-15-16(9-14)32-20(23-15)24-19(29)13-3-2-8-27(10-13)17-6-7-18(26-25-17)28-12-21-11-22-28/h4-7,9,11-13H,2-3,8,10H2,1H3,(H,23,24,29). The summed E-state index contributed by atoms with van der Waals surface area (Å²) in [7, 11) is -3.31. The third-order valence-electron chi connectivity index (χ3n) is 5.42. The molecule has 4 aromatic rings. The van der Waals surface area contributed by atoms with Crippen LogP contribution in [0.25, 0.3) is 16.0 Å². The van der Waals surface area contributed by atoms with Crippen LogP contribution in [0.2, 0.25) is 0 Å². The van der Waals surface area contributed by atoms with Gasteiger partial charge in [-0.15, -0.1) is 10.2 Å². The Bertz CT molecular complexity index is 1400. The summed E-state index contributed by atoms with van der Waals surface area (Å²) in [6.07, 6.45) is 5.76. The molecule has 1 atom stereocenters. The van der Waals surface area contributed by atoms with Gasteiger partial charge in [-0.05, 0) is 43.2 Å². The van der Waals surface area contributed by atoms with Crippen LogP contribution in [-0.4, -0.2) is 63.6 Å². The minimum atomic E-state index is -3.31. The summed E-state index contributed by atoms with van der Waals surface area (Å²) in [5.41, 5.74) is 0.649. The summed E-state index contributed by atoms with van der Waals surface area (Å²) < 4.78 is 25.8. The Balaban J connectivity index is 1.27. The fourth-order valence-electron chi connectivity index (χ4n) is 3.73. The number of amides is 1. The highest BCUT2D eigenvalue weighted by Gasteiger charge is 2.27. The van der Waals surface area contributed by atoms with E-state index in [1.165, 1.54) is 34.7 Å². The molecule has 1 amide bonds. The zero-order chi connectivity index (χ0) is 23.0. The number of aromatic nitrogens is 6. The van der Waals surface area contributed by atoms with Gasteiger partial charge >= 0.3 is 0 Å². The predicted octanol–water partition coefficient (Wildman–Crippen LogP) is 1.93. The zero-order valence-corrected chi connectivity index (χ0v) is 19.3. The smallest absolute Gasteiger partial charge is 0.231 e. The molecule has 0 aliphatic carbocycles. The molecule has 1 aromatic carbocycles. The lowest BCUT2D eigenvalue weighted by Gasteiger charge is -2.32. The number of benzene rings is 1. The Hall–Kier alpha value is -3.45. The molecule has 11 nitrogen and oxygen atoms in total.